The Morgan fingerprint density at radius 1 is 1.47 bits per heavy atom. The van der Waals surface area contributed by atoms with Gasteiger partial charge in [0.05, 0.1) is 12.1 Å². The molecule has 0 spiro atoms. The number of benzene rings is 1. The van der Waals surface area contributed by atoms with Gasteiger partial charge < -0.3 is 15.2 Å². The Balaban J connectivity index is 2.40. The van der Waals surface area contributed by atoms with E-state index in [9.17, 15) is 9.18 Å². The van der Waals surface area contributed by atoms with Gasteiger partial charge in [0.25, 0.3) is 0 Å². The molecule has 2 N–H and O–H groups in total. The second-order valence-corrected chi connectivity index (χ2v) is 4.04. The average Bonchev–Trinajstić information content (AvgIpc) is 2.37. The fourth-order valence-electron chi connectivity index (χ4n) is 1.12. The molecule has 1 amide bonds. The van der Waals surface area contributed by atoms with Crippen LogP contribution in [-0.4, -0.2) is 30.0 Å². The minimum absolute atomic E-state index is 0.112. The summed E-state index contributed by atoms with van der Waals surface area (Å²) < 4.78 is 17.4. The highest BCUT2D eigenvalue weighted by Crippen LogP contribution is 2.05. The Morgan fingerprint density at radius 2 is 2.12 bits per heavy atom. The van der Waals surface area contributed by atoms with Crippen LogP contribution in [0.5, 0.6) is 0 Å². The Labute approximate surface area is 99.4 Å². The van der Waals surface area contributed by atoms with Crippen molar-refractivity contribution in [2.75, 3.05) is 13.3 Å². The molecule has 0 saturated heterocycles. The topological polar surface area (TPSA) is 58.6 Å². The Morgan fingerprint density at radius 3 is 2.65 bits per heavy atom. The minimum Gasteiger partial charge on any atom is -0.445 e. The van der Waals surface area contributed by atoms with Gasteiger partial charge in [-0.1, -0.05) is 30.3 Å². The molecule has 0 radical (unpaired) electrons. The highest BCUT2D eigenvalue weighted by atomic mass is 19.1. The molecule has 17 heavy (non-hydrogen) atoms. The van der Waals surface area contributed by atoms with Crippen LogP contribution in [-0.2, 0) is 11.3 Å². The van der Waals surface area contributed by atoms with Crippen molar-refractivity contribution in [2.24, 2.45) is 0 Å². The van der Waals surface area contributed by atoms with Crippen LogP contribution < -0.4 is 5.32 Å². The summed E-state index contributed by atoms with van der Waals surface area (Å²) in [5.74, 6) is 0. The monoisotopic (exact) mass is 241 g/mol. The second kappa shape index (κ2) is 6.20. The first-order valence-electron chi connectivity index (χ1n) is 5.25. The van der Waals surface area contributed by atoms with E-state index in [0.717, 1.165) is 5.56 Å². The number of ether oxygens (including phenoxy) is 1. The first-order chi connectivity index (χ1) is 8.09. The number of hydrogen-bond donors (Lipinski definition) is 2. The van der Waals surface area contributed by atoms with Crippen LogP contribution in [0.1, 0.15) is 12.5 Å². The van der Waals surface area contributed by atoms with Crippen LogP contribution in [0.3, 0.4) is 0 Å². The van der Waals surface area contributed by atoms with Gasteiger partial charge in [-0.2, -0.15) is 0 Å². The molecule has 0 aliphatic heterocycles. The van der Waals surface area contributed by atoms with E-state index in [-0.39, 0.29) is 6.61 Å². The number of halogens is 1. The van der Waals surface area contributed by atoms with Gasteiger partial charge in [0.2, 0.25) is 0 Å². The van der Waals surface area contributed by atoms with E-state index in [4.69, 9.17) is 9.84 Å². The molecule has 0 aliphatic rings. The third-order valence-electron chi connectivity index (χ3n) is 2.26. The van der Waals surface area contributed by atoms with Crippen LogP contribution in [0.4, 0.5) is 9.18 Å². The Bertz CT molecular complexity index is 352. The van der Waals surface area contributed by atoms with Crippen molar-refractivity contribution >= 4 is 6.09 Å². The molecule has 0 aromatic heterocycles. The first-order valence-corrected chi connectivity index (χ1v) is 5.25. The number of carbonyl (C=O) groups excluding carboxylic acids is 1. The van der Waals surface area contributed by atoms with Crippen molar-refractivity contribution < 1.29 is 19.0 Å². The maximum Gasteiger partial charge on any atom is 0.408 e. The molecule has 1 rings (SSSR count). The second-order valence-electron chi connectivity index (χ2n) is 4.04. The number of aliphatic hydroxyl groups is 1. The minimum atomic E-state index is -1.28. The number of aliphatic hydroxyl groups excluding tert-OH is 1. The van der Waals surface area contributed by atoms with E-state index in [1.54, 1.807) is 0 Å². The summed E-state index contributed by atoms with van der Waals surface area (Å²) in [4.78, 5) is 11.3. The number of alkyl carbamates (subject to hydrolysis) is 1. The zero-order chi connectivity index (χ0) is 12.7. The third kappa shape index (κ3) is 4.40. The van der Waals surface area contributed by atoms with Crippen LogP contribution in [0.2, 0.25) is 0 Å². The lowest BCUT2D eigenvalue weighted by Gasteiger charge is -2.24. The first kappa shape index (κ1) is 13.4. The van der Waals surface area contributed by atoms with Crippen molar-refractivity contribution in [1.82, 2.24) is 5.32 Å². The van der Waals surface area contributed by atoms with Gasteiger partial charge in [-0.25, -0.2) is 9.18 Å². The van der Waals surface area contributed by atoms with Crippen molar-refractivity contribution in [1.29, 1.82) is 0 Å². The van der Waals surface area contributed by atoms with Gasteiger partial charge in [0, 0.05) is 0 Å². The van der Waals surface area contributed by atoms with E-state index in [1.165, 1.54) is 6.92 Å². The predicted molar refractivity (Wildman–Crippen MR) is 61.2 cm³/mol. The average molecular weight is 241 g/mol. The number of carbonyl (C=O) groups is 1. The summed E-state index contributed by atoms with van der Waals surface area (Å²) in [5, 5.41) is 11.2. The summed E-state index contributed by atoms with van der Waals surface area (Å²) in [6.07, 6.45) is -0.747. The van der Waals surface area contributed by atoms with E-state index < -0.39 is 24.9 Å². The highest BCUT2D eigenvalue weighted by Gasteiger charge is 2.26. The summed E-state index contributed by atoms with van der Waals surface area (Å²) in [5.41, 5.74) is -0.443. The molecule has 0 saturated carbocycles. The molecule has 5 heteroatoms. The van der Waals surface area contributed by atoms with Gasteiger partial charge in [0.15, 0.2) is 0 Å². The highest BCUT2D eigenvalue weighted by molar-refractivity contribution is 5.68. The summed E-state index contributed by atoms with van der Waals surface area (Å²) in [7, 11) is 0. The van der Waals surface area contributed by atoms with Crippen molar-refractivity contribution in [2.45, 2.75) is 19.1 Å². The molecule has 94 valence electrons. The largest absolute Gasteiger partial charge is 0.445 e. The standard InChI is InChI=1S/C12H16FNO3/c1-12(8-13,9-15)14-11(16)17-7-10-5-3-2-4-6-10/h2-6,15H,7-9H2,1H3,(H,14,16). The molecule has 0 fully saturated rings. The lowest BCUT2D eigenvalue weighted by atomic mass is 10.1. The summed E-state index contributed by atoms with van der Waals surface area (Å²) in [6.45, 7) is 0.172. The van der Waals surface area contributed by atoms with Crippen LogP contribution in [0, 0.1) is 0 Å². The zero-order valence-corrected chi connectivity index (χ0v) is 9.65. The van der Waals surface area contributed by atoms with Gasteiger partial charge in [-0.05, 0) is 12.5 Å². The van der Waals surface area contributed by atoms with Gasteiger partial charge in [-0.3, -0.25) is 0 Å². The molecular formula is C12H16FNO3. The van der Waals surface area contributed by atoms with Crippen LogP contribution in [0.25, 0.3) is 0 Å². The van der Waals surface area contributed by atoms with E-state index in [1.807, 2.05) is 30.3 Å². The number of amides is 1. The zero-order valence-electron chi connectivity index (χ0n) is 9.65. The third-order valence-corrected chi connectivity index (χ3v) is 2.26. The van der Waals surface area contributed by atoms with Crippen molar-refractivity contribution in [3.8, 4) is 0 Å². The van der Waals surface area contributed by atoms with Gasteiger partial charge >= 0.3 is 6.09 Å². The maximum atomic E-state index is 12.5. The number of hydrogen-bond acceptors (Lipinski definition) is 3. The van der Waals surface area contributed by atoms with E-state index in [2.05, 4.69) is 5.32 Å². The summed E-state index contributed by atoms with van der Waals surface area (Å²) in [6, 6.07) is 9.14. The lowest BCUT2D eigenvalue weighted by molar-refractivity contribution is 0.101. The molecule has 1 aromatic carbocycles. The number of rotatable bonds is 5. The predicted octanol–water partition coefficient (Wildman–Crippen LogP) is 1.63. The molecule has 0 heterocycles. The molecular weight excluding hydrogens is 225 g/mol. The molecule has 4 nitrogen and oxygen atoms in total. The number of alkyl halides is 1. The van der Waals surface area contributed by atoms with Gasteiger partial charge in [-0.15, -0.1) is 0 Å². The molecule has 1 atom stereocenters. The SMILES string of the molecule is CC(CO)(CF)NC(=O)OCc1ccccc1. The molecule has 0 bridgehead atoms. The fourth-order valence-corrected chi connectivity index (χ4v) is 1.12. The summed E-state index contributed by atoms with van der Waals surface area (Å²) >= 11 is 0. The van der Waals surface area contributed by atoms with Crippen molar-refractivity contribution in [3.63, 3.8) is 0 Å². The quantitative estimate of drug-likeness (QED) is 0.823. The van der Waals surface area contributed by atoms with Crippen molar-refractivity contribution in [3.05, 3.63) is 35.9 Å². The number of nitrogens with one attached hydrogen (secondary N) is 1. The Kier molecular flexibility index (Phi) is 4.90. The van der Waals surface area contributed by atoms with Gasteiger partial charge in [0.1, 0.15) is 13.3 Å². The molecule has 1 unspecified atom stereocenters. The van der Waals surface area contributed by atoms with E-state index in [0.29, 0.717) is 0 Å². The fraction of sp³-hybridized carbons (Fsp3) is 0.417. The van der Waals surface area contributed by atoms with Crippen LogP contribution >= 0.6 is 0 Å². The lowest BCUT2D eigenvalue weighted by Crippen LogP contribution is -2.50. The molecule has 1 aromatic rings. The normalized spacial score (nSPS) is 13.8. The van der Waals surface area contributed by atoms with E-state index >= 15 is 0 Å². The smallest absolute Gasteiger partial charge is 0.408 e. The maximum absolute atomic E-state index is 12.5. The van der Waals surface area contributed by atoms with Crippen LogP contribution in [0.15, 0.2) is 30.3 Å². The molecule has 0 aliphatic carbocycles. The Hall–Kier alpha value is -1.62.